The van der Waals surface area contributed by atoms with Crippen molar-refractivity contribution in [3.8, 4) is 0 Å². The van der Waals surface area contributed by atoms with E-state index in [9.17, 15) is 9.18 Å². The second-order valence-electron chi connectivity index (χ2n) is 8.01. The van der Waals surface area contributed by atoms with Gasteiger partial charge in [0.2, 0.25) is 0 Å². The van der Waals surface area contributed by atoms with Crippen molar-refractivity contribution < 1.29 is 9.18 Å². The molecule has 0 atom stereocenters. The summed E-state index contributed by atoms with van der Waals surface area (Å²) in [5.41, 5.74) is 3.82. The van der Waals surface area contributed by atoms with Gasteiger partial charge in [0.05, 0.1) is 0 Å². The van der Waals surface area contributed by atoms with E-state index in [2.05, 4.69) is 24.0 Å². The van der Waals surface area contributed by atoms with E-state index in [1.807, 2.05) is 53.4 Å². The van der Waals surface area contributed by atoms with Gasteiger partial charge in [-0.15, -0.1) is 0 Å². The van der Waals surface area contributed by atoms with Crippen LogP contribution >= 0.6 is 0 Å². The van der Waals surface area contributed by atoms with Crippen molar-refractivity contribution in [2.24, 2.45) is 0 Å². The van der Waals surface area contributed by atoms with E-state index in [-0.39, 0.29) is 17.8 Å². The standard InChI is InChI=1S/C26H27FN2O/c1-20-10-12-24(13-11-20)29(26(30)22-7-3-2-4-8-22)25-14-16-28(17-15-25)19-21-6-5-9-23(27)18-21/h2-13,18,25H,14-17,19H2,1H3. The Labute approximate surface area is 177 Å². The average molecular weight is 403 g/mol. The lowest BCUT2D eigenvalue weighted by atomic mass is 10.00. The summed E-state index contributed by atoms with van der Waals surface area (Å²) in [6.07, 6.45) is 1.78. The first-order valence-corrected chi connectivity index (χ1v) is 10.5. The minimum Gasteiger partial charge on any atom is -0.305 e. The first kappa shape index (κ1) is 20.3. The van der Waals surface area contributed by atoms with Gasteiger partial charge in [0.25, 0.3) is 5.91 Å². The summed E-state index contributed by atoms with van der Waals surface area (Å²) in [5.74, 6) is -0.149. The molecule has 3 aromatic rings. The zero-order valence-electron chi connectivity index (χ0n) is 17.3. The van der Waals surface area contributed by atoms with Gasteiger partial charge in [-0.1, -0.05) is 48.0 Å². The van der Waals surface area contributed by atoms with Gasteiger partial charge in [0.15, 0.2) is 0 Å². The lowest BCUT2D eigenvalue weighted by Gasteiger charge is -2.38. The molecule has 3 aromatic carbocycles. The highest BCUT2D eigenvalue weighted by molar-refractivity contribution is 6.06. The molecular weight excluding hydrogens is 375 g/mol. The molecule has 1 amide bonds. The van der Waals surface area contributed by atoms with Crippen LogP contribution in [0.3, 0.4) is 0 Å². The minimum absolute atomic E-state index is 0.0445. The number of carbonyl (C=O) groups excluding carboxylic acids is 1. The zero-order chi connectivity index (χ0) is 20.9. The fourth-order valence-electron chi connectivity index (χ4n) is 4.15. The van der Waals surface area contributed by atoms with Gasteiger partial charge in [-0.05, 0) is 61.7 Å². The highest BCUT2D eigenvalue weighted by atomic mass is 19.1. The summed E-state index contributed by atoms with van der Waals surface area (Å²) in [6.45, 7) is 4.55. The van der Waals surface area contributed by atoms with Crippen molar-refractivity contribution in [3.63, 3.8) is 0 Å². The molecule has 0 aliphatic carbocycles. The predicted octanol–water partition coefficient (Wildman–Crippen LogP) is 5.45. The first-order chi connectivity index (χ1) is 14.6. The molecule has 0 aromatic heterocycles. The molecule has 4 rings (SSSR count). The number of piperidine rings is 1. The fourth-order valence-corrected chi connectivity index (χ4v) is 4.15. The van der Waals surface area contributed by atoms with Gasteiger partial charge in [-0.2, -0.15) is 0 Å². The van der Waals surface area contributed by atoms with Crippen LogP contribution in [0.4, 0.5) is 10.1 Å². The first-order valence-electron chi connectivity index (χ1n) is 10.5. The smallest absolute Gasteiger partial charge is 0.258 e. The Morgan fingerprint density at radius 2 is 1.67 bits per heavy atom. The molecule has 0 radical (unpaired) electrons. The number of anilines is 1. The monoisotopic (exact) mass is 402 g/mol. The number of aryl methyl sites for hydroxylation is 1. The molecule has 3 nitrogen and oxygen atoms in total. The molecule has 4 heteroatoms. The van der Waals surface area contributed by atoms with Gasteiger partial charge in [0.1, 0.15) is 5.82 Å². The lowest BCUT2D eigenvalue weighted by Crippen LogP contribution is -2.47. The topological polar surface area (TPSA) is 23.6 Å². The number of nitrogens with zero attached hydrogens (tertiary/aromatic N) is 2. The average Bonchev–Trinajstić information content (AvgIpc) is 2.77. The molecule has 154 valence electrons. The Bertz CT molecular complexity index is 979. The highest BCUT2D eigenvalue weighted by Crippen LogP contribution is 2.27. The van der Waals surface area contributed by atoms with Crippen LogP contribution in [0, 0.1) is 12.7 Å². The van der Waals surface area contributed by atoms with Crippen LogP contribution in [-0.4, -0.2) is 29.9 Å². The van der Waals surface area contributed by atoms with Crippen molar-refractivity contribution in [1.29, 1.82) is 0 Å². The number of benzene rings is 3. The van der Waals surface area contributed by atoms with Gasteiger partial charge in [-0.3, -0.25) is 9.69 Å². The maximum Gasteiger partial charge on any atom is 0.258 e. The number of likely N-dealkylation sites (tertiary alicyclic amines) is 1. The van der Waals surface area contributed by atoms with Crippen LogP contribution in [0.15, 0.2) is 78.9 Å². The Kier molecular flexibility index (Phi) is 6.24. The molecule has 0 spiro atoms. The third-order valence-corrected chi connectivity index (χ3v) is 5.77. The maximum absolute atomic E-state index is 13.5. The summed E-state index contributed by atoms with van der Waals surface area (Å²) in [5, 5.41) is 0. The van der Waals surface area contributed by atoms with Crippen molar-refractivity contribution in [2.75, 3.05) is 18.0 Å². The van der Waals surface area contributed by atoms with E-state index in [0.717, 1.165) is 43.7 Å². The molecule has 1 fully saturated rings. The van der Waals surface area contributed by atoms with E-state index in [1.165, 1.54) is 11.6 Å². The van der Waals surface area contributed by atoms with Crippen LogP contribution in [0.1, 0.15) is 34.3 Å². The van der Waals surface area contributed by atoms with Crippen LogP contribution in [0.5, 0.6) is 0 Å². The van der Waals surface area contributed by atoms with E-state index in [0.29, 0.717) is 5.56 Å². The molecule has 1 aliphatic heterocycles. The van der Waals surface area contributed by atoms with E-state index in [1.54, 1.807) is 12.1 Å². The van der Waals surface area contributed by atoms with E-state index >= 15 is 0 Å². The van der Waals surface area contributed by atoms with Crippen LogP contribution < -0.4 is 4.90 Å². The van der Waals surface area contributed by atoms with Crippen LogP contribution in [0.25, 0.3) is 0 Å². The summed E-state index contributed by atoms with van der Waals surface area (Å²) in [6, 6.07) is 24.6. The highest BCUT2D eigenvalue weighted by Gasteiger charge is 2.29. The molecule has 0 saturated carbocycles. The van der Waals surface area contributed by atoms with Gasteiger partial charge < -0.3 is 4.90 Å². The second kappa shape index (κ2) is 9.23. The number of hydrogen-bond donors (Lipinski definition) is 0. The number of hydrogen-bond acceptors (Lipinski definition) is 2. The Morgan fingerprint density at radius 3 is 2.33 bits per heavy atom. The van der Waals surface area contributed by atoms with Crippen molar-refractivity contribution in [3.05, 3.63) is 101 Å². The largest absolute Gasteiger partial charge is 0.305 e. The zero-order valence-corrected chi connectivity index (χ0v) is 17.3. The number of rotatable bonds is 5. The molecule has 1 saturated heterocycles. The molecule has 1 aliphatic rings. The van der Waals surface area contributed by atoms with Crippen LogP contribution in [0.2, 0.25) is 0 Å². The maximum atomic E-state index is 13.5. The Morgan fingerprint density at radius 1 is 0.967 bits per heavy atom. The SMILES string of the molecule is Cc1ccc(N(C(=O)c2ccccc2)C2CCN(Cc3cccc(F)c3)CC2)cc1. The molecule has 0 N–H and O–H groups in total. The summed E-state index contributed by atoms with van der Waals surface area (Å²) in [7, 11) is 0. The van der Waals surface area contributed by atoms with Gasteiger partial charge >= 0.3 is 0 Å². The molecule has 1 heterocycles. The number of amides is 1. The van der Waals surface area contributed by atoms with E-state index in [4.69, 9.17) is 0 Å². The summed E-state index contributed by atoms with van der Waals surface area (Å²) in [4.78, 5) is 17.7. The third kappa shape index (κ3) is 4.77. The van der Waals surface area contributed by atoms with Gasteiger partial charge in [0, 0.05) is 36.9 Å². The van der Waals surface area contributed by atoms with Crippen molar-refractivity contribution in [2.45, 2.75) is 32.4 Å². The second-order valence-corrected chi connectivity index (χ2v) is 8.01. The number of carbonyl (C=O) groups is 1. The predicted molar refractivity (Wildman–Crippen MR) is 119 cm³/mol. The Balaban J connectivity index is 1.50. The molecule has 30 heavy (non-hydrogen) atoms. The molecule has 0 unspecified atom stereocenters. The molecular formula is C26H27FN2O. The van der Waals surface area contributed by atoms with Crippen molar-refractivity contribution >= 4 is 11.6 Å². The molecule has 0 bridgehead atoms. The minimum atomic E-state index is -0.193. The normalized spacial score (nSPS) is 15.1. The number of halogens is 1. The third-order valence-electron chi connectivity index (χ3n) is 5.77. The Hall–Kier alpha value is -2.98. The lowest BCUT2D eigenvalue weighted by molar-refractivity contribution is 0.0958. The van der Waals surface area contributed by atoms with Crippen molar-refractivity contribution in [1.82, 2.24) is 4.90 Å². The summed E-state index contributed by atoms with van der Waals surface area (Å²) >= 11 is 0. The quantitative estimate of drug-likeness (QED) is 0.567. The van der Waals surface area contributed by atoms with E-state index < -0.39 is 0 Å². The fraction of sp³-hybridized carbons (Fsp3) is 0.269. The van der Waals surface area contributed by atoms with Crippen LogP contribution in [-0.2, 0) is 6.54 Å². The van der Waals surface area contributed by atoms with Gasteiger partial charge in [-0.25, -0.2) is 4.39 Å². The summed E-state index contributed by atoms with van der Waals surface area (Å²) < 4.78 is 13.5.